The Morgan fingerprint density at radius 3 is 2.62 bits per heavy atom. The number of nitrogens with one attached hydrogen (secondary N) is 1. The van der Waals surface area contributed by atoms with E-state index in [-0.39, 0.29) is 23.1 Å². The van der Waals surface area contributed by atoms with Crippen molar-refractivity contribution in [1.82, 2.24) is 4.31 Å². The van der Waals surface area contributed by atoms with E-state index < -0.39 is 15.9 Å². The Kier molecular flexibility index (Phi) is 6.73. The third kappa shape index (κ3) is 4.86. The molecule has 2 aromatic carbocycles. The summed E-state index contributed by atoms with van der Waals surface area (Å²) in [7, 11) is -2.35. The lowest BCUT2D eigenvalue weighted by Gasteiger charge is -2.31. The maximum Gasteiger partial charge on any atom is 0.246 e. The van der Waals surface area contributed by atoms with Gasteiger partial charge in [0.05, 0.1) is 23.1 Å². The fourth-order valence-corrected chi connectivity index (χ4v) is 5.38. The Balaban J connectivity index is 1.78. The number of benzene rings is 2. The van der Waals surface area contributed by atoms with E-state index in [1.807, 2.05) is 6.92 Å². The van der Waals surface area contributed by atoms with Crippen LogP contribution in [0.4, 0.5) is 5.69 Å². The summed E-state index contributed by atoms with van der Waals surface area (Å²) in [5, 5.41) is 3.53. The van der Waals surface area contributed by atoms with Gasteiger partial charge >= 0.3 is 0 Å². The lowest BCUT2D eigenvalue weighted by molar-refractivity contribution is -0.120. The first kappa shape index (κ1) is 21.9. The highest BCUT2D eigenvalue weighted by Gasteiger charge is 2.35. The second-order valence-electron chi connectivity index (χ2n) is 6.97. The highest BCUT2D eigenvalue weighted by atomic mass is 35.5. The van der Waals surface area contributed by atoms with Gasteiger partial charge in [-0.05, 0) is 55.7 Å². The summed E-state index contributed by atoms with van der Waals surface area (Å²) in [6.07, 6.45) is 1.19. The van der Waals surface area contributed by atoms with Gasteiger partial charge in [-0.15, -0.1) is 0 Å². The number of hydrogen-bond acceptors (Lipinski definition) is 4. The van der Waals surface area contributed by atoms with Crippen molar-refractivity contribution < 1.29 is 17.9 Å². The molecule has 0 aliphatic carbocycles. The molecule has 0 aromatic heterocycles. The van der Waals surface area contributed by atoms with Crippen molar-refractivity contribution in [2.45, 2.75) is 24.7 Å². The van der Waals surface area contributed by atoms with E-state index in [9.17, 15) is 13.2 Å². The van der Waals surface area contributed by atoms with Gasteiger partial charge in [0, 0.05) is 18.8 Å². The molecular formula is C20H22Cl2N2O4S. The van der Waals surface area contributed by atoms with Gasteiger partial charge in [0.2, 0.25) is 15.9 Å². The SMILES string of the molecule is COc1ccc(C)cc1S(=O)(=O)N1CCC[C@H](C(=O)Nc2ccc(Cl)c(Cl)c2)C1. The van der Waals surface area contributed by atoms with Crippen LogP contribution in [0.2, 0.25) is 10.0 Å². The number of rotatable bonds is 5. The predicted octanol–water partition coefficient (Wildman–Crippen LogP) is 4.35. The number of ether oxygens (including phenoxy) is 1. The summed E-state index contributed by atoms with van der Waals surface area (Å²) in [6.45, 7) is 2.28. The zero-order valence-corrected chi connectivity index (χ0v) is 18.4. The maximum absolute atomic E-state index is 13.2. The second-order valence-corrected chi connectivity index (χ2v) is 9.70. The van der Waals surface area contributed by atoms with Crippen LogP contribution in [0.1, 0.15) is 18.4 Å². The average molecular weight is 457 g/mol. The fourth-order valence-electron chi connectivity index (χ4n) is 3.32. The van der Waals surface area contributed by atoms with Crippen molar-refractivity contribution in [3.05, 3.63) is 52.0 Å². The molecule has 6 nitrogen and oxygen atoms in total. The number of amides is 1. The number of carbonyl (C=O) groups excluding carboxylic acids is 1. The number of carbonyl (C=O) groups is 1. The molecule has 29 heavy (non-hydrogen) atoms. The molecule has 3 rings (SSSR count). The van der Waals surface area contributed by atoms with Gasteiger partial charge in [-0.3, -0.25) is 4.79 Å². The summed E-state index contributed by atoms with van der Waals surface area (Å²) in [5.41, 5.74) is 1.33. The van der Waals surface area contributed by atoms with Crippen LogP contribution < -0.4 is 10.1 Å². The highest BCUT2D eigenvalue weighted by molar-refractivity contribution is 7.89. The Bertz CT molecular complexity index is 1030. The van der Waals surface area contributed by atoms with E-state index in [2.05, 4.69) is 5.32 Å². The topological polar surface area (TPSA) is 75.7 Å². The standard InChI is InChI=1S/C20H22Cl2N2O4S/c1-13-5-8-18(28-2)19(10-13)29(26,27)24-9-3-4-14(12-24)20(25)23-15-6-7-16(21)17(22)11-15/h5-8,10-11,14H,3-4,9,12H2,1-2H3,(H,23,25)/t14-/m0/s1. The van der Waals surface area contributed by atoms with Gasteiger partial charge in [-0.1, -0.05) is 29.3 Å². The summed E-state index contributed by atoms with van der Waals surface area (Å²) in [5.74, 6) is -0.429. The largest absolute Gasteiger partial charge is 0.495 e. The molecule has 1 atom stereocenters. The van der Waals surface area contributed by atoms with Crippen LogP contribution in [0.5, 0.6) is 5.75 Å². The number of methoxy groups -OCH3 is 1. The van der Waals surface area contributed by atoms with Gasteiger partial charge in [0.1, 0.15) is 10.6 Å². The Morgan fingerprint density at radius 1 is 1.17 bits per heavy atom. The Morgan fingerprint density at radius 2 is 1.93 bits per heavy atom. The van der Waals surface area contributed by atoms with Gasteiger partial charge in [0.25, 0.3) is 0 Å². The molecule has 9 heteroatoms. The van der Waals surface area contributed by atoms with E-state index in [0.29, 0.717) is 35.1 Å². The maximum atomic E-state index is 13.2. The van der Waals surface area contributed by atoms with E-state index in [0.717, 1.165) is 5.56 Å². The molecular weight excluding hydrogens is 435 g/mol. The minimum atomic E-state index is -3.79. The van der Waals surface area contributed by atoms with Crippen molar-refractivity contribution in [3.63, 3.8) is 0 Å². The van der Waals surface area contributed by atoms with Crippen molar-refractivity contribution in [3.8, 4) is 5.75 Å². The number of aryl methyl sites for hydroxylation is 1. The molecule has 0 bridgehead atoms. The first-order chi connectivity index (χ1) is 13.7. The van der Waals surface area contributed by atoms with Crippen molar-refractivity contribution in [2.75, 3.05) is 25.5 Å². The number of piperidine rings is 1. The molecule has 156 valence electrons. The molecule has 1 heterocycles. The fraction of sp³-hybridized carbons (Fsp3) is 0.350. The minimum absolute atomic E-state index is 0.104. The summed E-state index contributed by atoms with van der Waals surface area (Å²) in [6, 6.07) is 9.84. The molecule has 1 aliphatic heterocycles. The van der Waals surface area contributed by atoms with Crippen LogP contribution in [0.3, 0.4) is 0 Å². The summed E-state index contributed by atoms with van der Waals surface area (Å²) >= 11 is 11.9. The predicted molar refractivity (Wildman–Crippen MR) is 114 cm³/mol. The molecule has 1 aliphatic rings. The molecule has 1 N–H and O–H groups in total. The van der Waals surface area contributed by atoms with E-state index in [1.54, 1.807) is 36.4 Å². The first-order valence-corrected chi connectivity index (χ1v) is 11.3. The van der Waals surface area contributed by atoms with Crippen LogP contribution in [0.25, 0.3) is 0 Å². The molecule has 0 saturated carbocycles. The van der Waals surface area contributed by atoms with Crippen LogP contribution >= 0.6 is 23.2 Å². The quantitative estimate of drug-likeness (QED) is 0.725. The molecule has 1 fully saturated rings. The number of sulfonamides is 1. The normalized spacial score (nSPS) is 17.7. The first-order valence-electron chi connectivity index (χ1n) is 9.13. The number of halogens is 2. The summed E-state index contributed by atoms with van der Waals surface area (Å²) in [4.78, 5) is 12.8. The zero-order chi connectivity index (χ0) is 21.2. The second kappa shape index (κ2) is 8.92. The van der Waals surface area contributed by atoms with Crippen molar-refractivity contribution >= 4 is 44.8 Å². The third-order valence-corrected chi connectivity index (χ3v) is 7.50. The summed E-state index contributed by atoms with van der Waals surface area (Å²) < 4.78 is 33.0. The smallest absolute Gasteiger partial charge is 0.246 e. The molecule has 0 radical (unpaired) electrons. The number of nitrogens with zero attached hydrogens (tertiary/aromatic N) is 1. The highest BCUT2D eigenvalue weighted by Crippen LogP contribution is 2.31. The third-order valence-electron chi connectivity index (χ3n) is 4.88. The lowest BCUT2D eigenvalue weighted by atomic mass is 9.99. The lowest BCUT2D eigenvalue weighted by Crippen LogP contribution is -2.43. The van der Waals surface area contributed by atoms with Crippen molar-refractivity contribution in [1.29, 1.82) is 0 Å². The van der Waals surface area contributed by atoms with Crippen LogP contribution in [0, 0.1) is 12.8 Å². The monoisotopic (exact) mass is 456 g/mol. The van der Waals surface area contributed by atoms with Crippen LogP contribution in [0.15, 0.2) is 41.3 Å². The minimum Gasteiger partial charge on any atom is -0.495 e. The molecule has 1 saturated heterocycles. The van der Waals surface area contributed by atoms with Gasteiger partial charge in [-0.25, -0.2) is 8.42 Å². The van der Waals surface area contributed by atoms with Gasteiger partial charge in [0.15, 0.2) is 0 Å². The van der Waals surface area contributed by atoms with Crippen molar-refractivity contribution in [2.24, 2.45) is 5.92 Å². The van der Waals surface area contributed by atoms with E-state index in [1.165, 1.54) is 11.4 Å². The van der Waals surface area contributed by atoms with Crippen LogP contribution in [-0.2, 0) is 14.8 Å². The Labute approximate surface area is 180 Å². The number of hydrogen-bond donors (Lipinski definition) is 1. The Hall–Kier alpha value is -1.80. The number of anilines is 1. The zero-order valence-electron chi connectivity index (χ0n) is 16.1. The van der Waals surface area contributed by atoms with Gasteiger partial charge in [-0.2, -0.15) is 4.31 Å². The van der Waals surface area contributed by atoms with Gasteiger partial charge < -0.3 is 10.1 Å². The van der Waals surface area contributed by atoms with Crippen LogP contribution in [-0.4, -0.2) is 38.8 Å². The van der Waals surface area contributed by atoms with E-state index in [4.69, 9.17) is 27.9 Å². The molecule has 1 amide bonds. The molecule has 0 spiro atoms. The average Bonchev–Trinajstić information content (AvgIpc) is 2.70. The van der Waals surface area contributed by atoms with E-state index >= 15 is 0 Å². The molecule has 0 unspecified atom stereocenters. The molecule has 2 aromatic rings.